The third-order valence-corrected chi connectivity index (χ3v) is 3.05. The number of hydrogen-bond acceptors (Lipinski definition) is 0. The van der Waals surface area contributed by atoms with Crippen molar-refractivity contribution in [2.24, 2.45) is 5.92 Å². The van der Waals surface area contributed by atoms with E-state index in [1.165, 1.54) is 70.6 Å². The van der Waals surface area contributed by atoms with Crippen molar-refractivity contribution in [1.29, 1.82) is 0 Å². The van der Waals surface area contributed by atoms with E-state index in [0.29, 0.717) is 5.92 Å². The predicted molar refractivity (Wildman–Crippen MR) is 71.0 cm³/mol. The van der Waals surface area contributed by atoms with Crippen LogP contribution in [0.1, 0.15) is 84.5 Å². The molecule has 0 heteroatoms. The molecule has 1 unspecified atom stereocenters. The lowest BCUT2D eigenvalue weighted by molar-refractivity contribution is 0.525. The van der Waals surface area contributed by atoms with Crippen molar-refractivity contribution < 1.29 is 0 Å². The van der Waals surface area contributed by atoms with Crippen LogP contribution >= 0.6 is 0 Å². The van der Waals surface area contributed by atoms with E-state index in [0.717, 1.165) is 0 Å². The molecule has 91 valence electrons. The zero-order valence-electron chi connectivity index (χ0n) is 11.1. The Balaban J connectivity index is 2.87. The topological polar surface area (TPSA) is 0 Å². The molecular formula is C15H31. The SMILES string of the molecule is [CH2]C(C)CCCCCCCCCCCC. The summed E-state index contributed by atoms with van der Waals surface area (Å²) in [7, 11) is 0. The Labute approximate surface area is 97.8 Å². The summed E-state index contributed by atoms with van der Waals surface area (Å²) in [6, 6.07) is 0. The molecule has 15 heavy (non-hydrogen) atoms. The van der Waals surface area contributed by atoms with Crippen molar-refractivity contribution in [3.8, 4) is 0 Å². The lowest BCUT2D eigenvalue weighted by Gasteiger charge is -2.04. The Kier molecular flexibility index (Phi) is 12.1. The minimum absolute atomic E-state index is 0.652. The second-order valence-electron chi connectivity index (χ2n) is 5.08. The Morgan fingerprint density at radius 1 is 0.733 bits per heavy atom. The van der Waals surface area contributed by atoms with E-state index in [4.69, 9.17) is 0 Å². The van der Waals surface area contributed by atoms with Gasteiger partial charge < -0.3 is 0 Å². The lowest BCUT2D eigenvalue weighted by atomic mass is 10.0. The molecule has 0 aromatic heterocycles. The lowest BCUT2D eigenvalue weighted by Crippen LogP contribution is -1.87. The smallest absolute Gasteiger partial charge is 0.0443 e. The monoisotopic (exact) mass is 211 g/mol. The minimum atomic E-state index is 0.652. The quantitative estimate of drug-likeness (QED) is 0.381. The molecular weight excluding hydrogens is 180 g/mol. The van der Waals surface area contributed by atoms with Crippen molar-refractivity contribution in [3.05, 3.63) is 6.92 Å². The molecule has 0 aromatic rings. The largest absolute Gasteiger partial charge is 0.0654 e. The van der Waals surface area contributed by atoms with E-state index < -0.39 is 0 Å². The van der Waals surface area contributed by atoms with Crippen molar-refractivity contribution in [3.63, 3.8) is 0 Å². The second-order valence-corrected chi connectivity index (χ2v) is 5.08. The van der Waals surface area contributed by atoms with Gasteiger partial charge in [-0.15, -0.1) is 0 Å². The van der Waals surface area contributed by atoms with Crippen LogP contribution in [-0.4, -0.2) is 0 Å². The highest BCUT2D eigenvalue weighted by Gasteiger charge is 1.95. The fraction of sp³-hybridized carbons (Fsp3) is 0.933. The molecule has 0 saturated heterocycles. The first-order valence-electron chi connectivity index (χ1n) is 7.10. The second kappa shape index (κ2) is 12.1. The third-order valence-electron chi connectivity index (χ3n) is 3.05. The maximum Gasteiger partial charge on any atom is -0.0443 e. The molecule has 0 aliphatic heterocycles. The molecule has 1 radical (unpaired) electrons. The van der Waals surface area contributed by atoms with Crippen LogP contribution in [0.2, 0.25) is 0 Å². The maximum absolute atomic E-state index is 4.01. The van der Waals surface area contributed by atoms with Crippen LogP contribution in [0, 0.1) is 12.8 Å². The van der Waals surface area contributed by atoms with Gasteiger partial charge in [-0.2, -0.15) is 0 Å². The summed E-state index contributed by atoms with van der Waals surface area (Å²) in [6.07, 6.45) is 15.7. The van der Waals surface area contributed by atoms with Gasteiger partial charge in [0.2, 0.25) is 0 Å². The first-order chi connectivity index (χ1) is 7.27. The van der Waals surface area contributed by atoms with Crippen molar-refractivity contribution in [2.45, 2.75) is 84.5 Å². The average molecular weight is 211 g/mol. The molecule has 0 aromatic carbocycles. The summed E-state index contributed by atoms with van der Waals surface area (Å²) in [5.74, 6) is 0.652. The van der Waals surface area contributed by atoms with Crippen LogP contribution in [0.5, 0.6) is 0 Å². The highest BCUT2D eigenvalue weighted by atomic mass is 14.0. The van der Waals surface area contributed by atoms with E-state index in [-0.39, 0.29) is 0 Å². The van der Waals surface area contributed by atoms with E-state index in [1.54, 1.807) is 0 Å². The molecule has 0 aliphatic rings. The fourth-order valence-electron chi connectivity index (χ4n) is 1.98. The number of unbranched alkanes of at least 4 members (excludes halogenated alkanes) is 9. The molecule has 0 fully saturated rings. The molecule has 1 atom stereocenters. The van der Waals surface area contributed by atoms with E-state index >= 15 is 0 Å². The van der Waals surface area contributed by atoms with Crippen LogP contribution in [-0.2, 0) is 0 Å². The van der Waals surface area contributed by atoms with Gasteiger partial charge >= 0.3 is 0 Å². The zero-order valence-corrected chi connectivity index (χ0v) is 11.1. The first kappa shape index (κ1) is 15.0. The van der Waals surface area contributed by atoms with Crippen LogP contribution in [0.4, 0.5) is 0 Å². The van der Waals surface area contributed by atoms with Crippen LogP contribution in [0.25, 0.3) is 0 Å². The normalized spacial score (nSPS) is 11.2. The first-order valence-corrected chi connectivity index (χ1v) is 7.10. The van der Waals surface area contributed by atoms with Gasteiger partial charge in [-0.25, -0.2) is 0 Å². The minimum Gasteiger partial charge on any atom is -0.0654 e. The summed E-state index contributed by atoms with van der Waals surface area (Å²) in [4.78, 5) is 0. The Morgan fingerprint density at radius 2 is 1.13 bits per heavy atom. The molecule has 0 N–H and O–H groups in total. The molecule has 0 saturated carbocycles. The van der Waals surface area contributed by atoms with Gasteiger partial charge in [-0.3, -0.25) is 0 Å². The van der Waals surface area contributed by atoms with Gasteiger partial charge in [0, 0.05) is 0 Å². The van der Waals surface area contributed by atoms with Gasteiger partial charge in [0.25, 0.3) is 0 Å². The predicted octanol–water partition coefficient (Wildman–Crippen LogP) is 5.77. The molecule has 0 aliphatic carbocycles. The molecule has 0 nitrogen and oxygen atoms in total. The Hall–Kier alpha value is 0. The van der Waals surface area contributed by atoms with Gasteiger partial charge in [0.05, 0.1) is 0 Å². The zero-order chi connectivity index (χ0) is 11.4. The van der Waals surface area contributed by atoms with Crippen molar-refractivity contribution in [1.82, 2.24) is 0 Å². The standard InChI is InChI=1S/C15H31/c1-4-5-6-7-8-9-10-11-12-13-14-15(2)3/h15H,2,4-14H2,1,3H3. The molecule has 0 heterocycles. The molecule has 0 rings (SSSR count). The fourth-order valence-corrected chi connectivity index (χ4v) is 1.98. The van der Waals surface area contributed by atoms with Crippen molar-refractivity contribution in [2.75, 3.05) is 0 Å². The Bertz CT molecular complexity index is 105. The van der Waals surface area contributed by atoms with Gasteiger partial charge in [-0.1, -0.05) is 91.4 Å². The van der Waals surface area contributed by atoms with Crippen LogP contribution in [0.15, 0.2) is 0 Å². The summed E-state index contributed by atoms with van der Waals surface area (Å²) >= 11 is 0. The molecule has 0 amide bonds. The highest BCUT2D eigenvalue weighted by Crippen LogP contribution is 2.13. The Morgan fingerprint density at radius 3 is 1.53 bits per heavy atom. The summed E-state index contributed by atoms with van der Waals surface area (Å²) in [5, 5.41) is 0. The number of hydrogen-bond donors (Lipinski definition) is 0. The van der Waals surface area contributed by atoms with Gasteiger partial charge in [0.1, 0.15) is 0 Å². The van der Waals surface area contributed by atoms with Crippen molar-refractivity contribution >= 4 is 0 Å². The van der Waals surface area contributed by atoms with Gasteiger partial charge in [0.15, 0.2) is 0 Å². The summed E-state index contributed by atoms with van der Waals surface area (Å²) in [6.45, 7) is 8.51. The summed E-state index contributed by atoms with van der Waals surface area (Å²) < 4.78 is 0. The van der Waals surface area contributed by atoms with E-state index in [1.807, 2.05) is 0 Å². The van der Waals surface area contributed by atoms with Gasteiger partial charge in [-0.05, 0) is 5.92 Å². The van der Waals surface area contributed by atoms with E-state index in [9.17, 15) is 0 Å². The molecule has 0 spiro atoms. The average Bonchev–Trinajstić information content (AvgIpc) is 2.20. The van der Waals surface area contributed by atoms with Crippen LogP contribution < -0.4 is 0 Å². The van der Waals surface area contributed by atoms with Crippen LogP contribution in [0.3, 0.4) is 0 Å². The third kappa shape index (κ3) is 14.0. The maximum atomic E-state index is 4.01. The number of rotatable bonds is 11. The molecule has 0 bridgehead atoms. The summed E-state index contributed by atoms with van der Waals surface area (Å²) in [5.41, 5.74) is 0. The van der Waals surface area contributed by atoms with E-state index in [2.05, 4.69) is 20.8 Å². The highest BCUT2D eigenvalue weighted by molar-refractivity contribution is 4.54.